The average Bonchev–Trinajstić information content (AvgIpc) is 2.37. The number of benzene rings is 1. The highest BCUT2D eigenvalue weighted by molar-refractivity contribution is 5.76. The van der Waals surface area contributed by atoms with Gasteiger partial charge in [-0.05, 0) is 31.2 Å². The molecule has 4 heteroatoms. The molecule has 0 aliphatic rings. The van der Waals surface area contributed by atoms with Gasteiger partial charge in [0.05, 0.1) is 7.11 Å². The van der Waals surface area contributed by atoms with Crippen LogP contribution in [0.1, 0.15) is 12.0 Å². The van der Waals surface area contributed by atoms with Gasteiger partial charge >= 0.3 is 0 Å². The van der Waals surface area contributed by atoms with E-state index in [4.69, 9.17) is 4.74 Å². The van der Waals surface area contributed by atoms with Gasteiger partial charge in [-0.2, -0.15) is 0 Å². The molecule has 0 radical (unpaired) electrons. The summed E-state index contributed by atoms with van der Waals surface area (Å²) in [7, 11) is 3.49. The second kappa shape index (κ2) is 7.68. The number of rotatable bonds is 7. The smallest absolute Gasteiger partial charge is 0.221 e. The highest BCUT2D eigenvalue weighted by Crippen LogP contribution is 2.11. The predicted molar refractivity (Wildman–Crippen MR) is 68.3 cm³/mol. The molecule has 0 aliphatic carbocycles. The molecule has 0 fully saturated rings. The first-order valence-corrected chi connectivity index (χ1v) is 5.80. The lowest BCUT2D eigenvalue weighted by atomic mass is 10.1. The molecule has 0 saturated heterocycles. The van der Waals surface area contributed by atoms with Gasteiger partial charge in [-0.25, -0.2) is 0 Å². The molecule has 0 bridgehead atoms. The zero-order valence-electron chi connectivity index (χ0n) is 10.5. The third kappa shape index (κ3) is 5.36. The van der Waals surface area contributed by atoms with Crippen LogP contribution in [0, 0.1) is 0 Å². The Morgan fingerprint density at radius 1 is 1.24 bits per heavy atom. The van der Waals surface area contributed by atoms with Crippen LogP contribution in [0.3, 0.4) is 0 Å². The Kier molecular flexibility index (Phi) is 6.10. The van der Waals surface area contributed by atoms with Crippen LogP contribution in [0.15, 0.2) is 24.3 Å². The molecule has 1 aromatic carbocycles. The summed E-state index contributed by atoms with van der Waals surface area (Å²) in [6.45, 7) is 1.39. The first-order valence-electron chi connectivity index (χ1n) is 5.80. The zero-order chi connectivity index (χ0) is 12.5. The van der Waals surface area contributed by atoms with E-state index in [-0.39, 0.29) is 5.91 Å². The predicted octanol–water partition coefficient (Wildman–Crippen LogP) is 0.963. The molecule has 0 saturated carbocycles. The lowest BCUT2D eigenvalue weighted by molar-refractivity contribution is -0.120. The van der Waals surface area contributed by atoms with E-state index < -0.39 is 0 Å². The van der Waals surface area contributed by atoms with Gasteiger partial charge in [0.1, 0.15) is 5.75 Å². The number of methoxy groups -OCH3 is 1. The Labute approximate surface area is 102 Å². The summed E-state index contributed by atoms with van der Waals surface area (Å²) >= 11 is 0. The quantitative estimate of drug-likeness (QED) is 0.741. The van der Waals surface area contributed by atoms with Gasteiger partial charge in [0.15, 0.2) is 0 Å². The summed E-state index contributed by atoms with van der Waals surface area (Å²) in [5, 5.41) is 5.83. The first-order chi connectivity index (χ1) is 8.26. The lowest BCUT2D eigenvalue weighted by Gasteiger charge is -2.06. The van der Waals surface area contributed by atoms with Crippen molar-refractivity contribution in [1.29, 1.82) is 0 Å². The van der Waals surface area contributed by atoms with Gasteiger partial charge in [-0.1, -0.05) is 12.1 Å². The van der Waals surface area contributed by atoms with Gasteiger partial charge in [-0.15, -0.1) is 0 Å². The SMILES string of the molecule is CNCCC(=O)NCCc1ccc(OC)cc1. The minimum absolute atomic E-state index is 0.0906. The van der Waals surface area contributed by atoms with E-state index in [0.29, 0.717) is 19.5 Å². The maximum atomic E-state index is 11.3. The zero-order valence-corrected chi connectivity index (χ0v) is 10.5. The number of carbonyl (C=O) groups is 1. The molecule has 4 nitrogen and oxygen atoms in total. The van der Waals surface area contributed by atoms with E-state index in [0.717, 1.165) is 12.2 Å². The molecule has 17 heavy (non-hydrogen) atoms. The normalized spacial score (nSPS) is 10.0. The molecule has 94 valence electrons. The minimum Gasteiger partial charge on any atom is -0.497 e. The van der Waals surface area contributed by atoms with E-state index in [1.807, 2.05) is 31.3 Å². The second-order valence-corrected chi connectivity index (χ2v) is 3.80. The fraction of sp³-hybridized carbons (Fsp3) is 0.462. The van der Waals surface area contributed by atoms with Crippen LogP contribution < -0.4 is 15.4 Å². The summed E-state index contributed by atoms with van der Waals surface area (Å²) in [6.07, 6.45) is 1.37. The van der Waals surface area contributed by atoms with Crippen molar-refractivity contribution in [2.24, 2.45) is 0 Å². The summed E-state index contributed by atoms with van der Waals surface area (Å²) in [5.74, 6) is 0.944. The molecular formula is C13H20N2O2. The lowest BCUT2D eigenvalue weighted by Crippen LogP contribution is -2.28. The number of carbonyl (C=O) groups excluding carboxylic acids is 1. The average molecular weight is 236 g/mol. The fourth-order valence-electron chi connectivity index (χ4n) is 1.47. The van der Waals surface area contributed by atoms with Crippen molar-refractivity contribution in [3.63, 3.8) is 0 Å². The Bertz CT molecular complexity index is 336. The molecule has 0 unspecified atom stereocenters. The van der Waals surface area contributed by atoms with Crippen molar-refractivity contribution in [2.45, 2.75) is 12.8 Å². The van der Waals surface area contributed by atoms with Gasteiger partial charge in [0.2, 0.25) is 5.91 Å². The molecule has 1 amide bonds. The summed E-state index contributed by atoms with van der Waals surface area (Å²) in [5.41, 5.74) is 1.19. The van der Waals surface area contributed by atoms with E-state index in [9.17, 15) is 4.79 Å². The second-order valence-electron chi connectivity index (χ2n) is 3.80. The topological polar surface area (TPSA) is 50.4 Å². The third-order valence-corrected chi connectivity index (χ3v) is 2.50. The molecule has 1 rings (SSSR count). The number of hydrogen-bond acceptors (Lipinski definition) is 3. The number of nitrogens with one attached hydrogen (secondary N) is 2. The maximum Gasteiger partial charge on any atom is 0.221 e. The minimum atomic E-state index is 0.0906. The van der Waals surface area contributed by atoms with Crippen molar-refractivity contribution in [1.82, 2.24) is 10.6 Å². The summed E-state index contributed by atoms with van der Waals surface area (Å²) < 4.78 is 5.08. The Morgan fingerprint density at radius 2 is 1.94 bits per heavy atom. The molecule has 0 aromatic heterocycles. The summed E-state index contributed by atoms with van der Waals surface area (Å²) in [6, 6.07) is 7.88. The molecule has 0 aliphatic heterocycles. The first kappa shape index (κ1) is 13.5. The molecule has 0 atom stereocenters. The number of hydrogen-bond donors (Lipinski definition) is 2. The molecule has 1 aromatic rings. The largest absolute Gasteiger partial charge is 0.497 e. The van der Waals surface area contributed by atoms with Gasteiger partial charge in [0.25, 0.3) is 0 Å². The van der Waals surface area contributed by atoms with Crippen molar-refractivity contribution in [3.8, 4) is 5.75 Å². The van der Waals surface area contributed by atoms with Crippen LogP contribution >= 0.6 is 0 Å². The van der Waals surface area contributed by atoms with Crippen molar-refractivity contribution < 1.29 is 9.53 Å². The van der Waals surface area contributed by atoms with Gasteiger partial charge in [-0.3, -0.25) is 4.79 Å². The van der Waals surface area contributed by atoms with Crippen LogP contribution in [0.4, 0.5) is 0 Å². The van der Waals surface area contributed by atoms with E-state index >= 15 is 0 Å². The van der Waals surface area contributed by atoms with Gasteiger partial charge < -0.3 is 15.4 Å². The Balaban J connectivity index is 2.23. The highest BCUT2D eigenvalue weighted by Gasteiger charge is 1.99. The van der Waals surface area contributed by atoms with Crippen molar-refractivity contribution in [2.75, 3.05) is 27.2 Å². The number of ether oxygens (including phenoxy) is 1. The van der Waals surface area contributed by atoms with Gasteiger partial charge in [0, 0.05) is 19.5 Å². The van der Waals surface area contributed by atoms with Crippen LogP contribution in [0.25, 0.3) is 0 Å². The Morgan fingerprint density at radius 3 is 2.53 bits per heavy atom. The monoisotopic (exact) mass is 236 g/mol. The van der Waals surface area contributed by atoms with Crippen LogP contribution in [-0.2, 0) is 11.2 Å². The van der Waals surface area contributed by atoms with E-state index in [1.165, 1.54) is 5.56 Å². The van der Waals surface area contributed by atoms with Crippen LogP contribution in [0.5, 0.6) is 5.75 Å². The van der Waals surface area contributed by atoms with Crippen LogP contribution in [-0.4, -0.2) is 33.2 Å². The molecule has 2 N–H and O–H groups in total. The molecule has 0 heterocycles. The highest BCUT2D eigenvalue weighted by atomic mass is 16.5. The number of amides is 1. The molecule has 0 spiro atoms. The van der Waals surface area contributed by atoms with E-state index in [2.05, 4.69) is 10.6 Å². The summed E-state index contributed by atoms with van der Waals surface area (Å²) in [4.78, 5) is 11.3. The van der Waals surface area contributed by atoms with Crippen molar-refractivity contribution >= 4 is 5.91 Å². The molecular weight excluding hydrogens is 216 g/mol. The Hall–Kier alpha value is -1.55. The third-order valence-electron chi connectivity index (χ3n) is 2.50. The standard InChI is InChI=1S/C13H20N2O2/c1-14-9-8-13(16)15-10-7-11-3-5-12(17-2)6-4-11/h3-6,14H,7-10H2,1-2H3,(H,15,16). The van der Waals surface area contributed by atoms with Crippen LogP contribution in [0.2, 0.25) is 0 Å². The fourth-order valence-corrected chi connectivity index (χ4v) is 1.47. The van der Waals surface area contributed by atoms with Crippen molar-refractivity contribution in [3.05, 3.63) is 29.8 Å². The van der Waals surface area contributed by atoms with E-state index in [1.54, 1.807) is 7.11 Å². The maximum absolute atomic E-state index is 11.3.